The molecular weight excluding hydrogens is 200 g/mol. The lowest BCUT2D eigenvalue weighted by Crippen LogP contribution is -2.10. The van der Waals surface area contributed by atoms with Crippen molar-refractivity contribution in [1.29, 1.82) is 0 Å². The van der Waals surface area contributed by atoms with Crippen molar-refractivity contribution in [2.45, 2.75) is 58.0 Å². The van der Waals surface area contributed by atoms with Crippen LogP contribution >= 0.6 is 0 Å². The van der Waals surface area contributed by atoms with Crippen molar-refractivity contribution in [2.75, 3.05) is 0 Å². The van der Waals surface area contributed by atoms with Gasteiger partial charge in [0.1, 0.15) is 0 Å². The van der Waals surface area contributed by atoms with Gasteiger partial charge in [0.25, 0.3) is 0 Å². The highest BCUT2D eigenvalue weighted by Gasteiger charge is 2.17. The van der Waals surface area contributed by atoms with Crippen LogP contribution in [0.1, 0.15) is 57.2 Å². The van der Waals surface area contributed by atoms with Crippen LogP contribution in [-0.2, 0) is 6.54 Å². The summed E-state index contributed by atoms with van der Waals surface area (Å²) >= 11 is 0. The highest BCUT2D eigenvalue weighted by molar-refractivity contribution is 4.99. The molecule has 0 aliphatic heterocycles. The average molecular weight is 222 g/mol. The smallest absolute Gasteiger partial charge is 0.0994 e. The van der Waals surface area contributed by atoms with Crippen molar-refractivity contribution in [3.05, 3.63) is 11.9 Å². The Labute approximate surface area is 97.2 Å². The molecule has 2 rings (SSSR count). The third-order valence-corrected chi connectivity index (χ3v) is 3.46. The fourth-order valence-electron chi connectivity index (χ4n) is 2.49. The SMILES string of the molecule is CCCC(N)c1cn(CC2CCCC2)nn1. The van der Waals surface area contributed by atoms with Crippen molar-refractivity contribution in [2.24, 2.45) is 11.7 Å². The number of nitrogens with zero attached hydrogens (tertiary/aromatic N) is 3. The fourth-order valence-corrected chi connectivity index (χ4v) is 2.49. The highest BCUT2D eigenvalue weighted by Crippen LogP contribution is 2.26. The molecule has 0 aromatic carbocycles. The van der Waals surface area contributed by atoms with Gasteiger partial charge in [-0.1, -0.05) is 31.4 Å². The van der Waals surface area contributed by atoms with Crippen LogP contribution in [0.4, 0.5) is 0 Å². The van der Waals surface area contributed by atoms with Crippen LogP contribution in [0.25, 0.3) is 0 Å². The molecule has 4 heteroatoms. The minimum atomic E-state index is 0.0577. The Morgan fingerprint density at radius 2 is 2.25 bits per heavy atom. The summed E-state index contributed by atoms with van der Waals surface area (Å²) in [6.45, 7) is 3.16. The van der Waals surface area contributed by atoms with Crippen LogP contribution in [0, 0.1) is 5.92 Å². The molecule has 0 saturated heterocycles. The lowest BCUT2D eigenvalue weighted by Gasteiger charge is -2.07. The third-order valence-electron chi connectivity index (χ3n) is 3.46. The Morgan fingerprint density at radius 3 is 2.94 bits per heavy atom. The van der Waals surface area contributed by atoms with Crippen molar-refractivity contribution in [1.82, 2.24) is 15.0 Å². The van der Waals surface area contributed by atoms with E-state index in [1.807, 2.05) is 10.9 Å². The van der Waals surface area contributed by atoms with Crippen molar-refractivity contribution >= 4 is 0 Å². The Hall–Kier alpha value is -0.900. The molecule has 0 spiro atoms. The molecule has 1 atom stereocenters. The summed E-state index contributed by atoms with van der Waals surface area (Å²) in [6.07, 6.45) is 9.55. The Balaban J connectivity index is 1.90. The number of hydrogen-bond acceptors (Lipinski definition) is 3. The van der Waals surface area contributed by atoms with Gasteiger partial charge in [-0.3, -0.25) is 4.68 Å². The van der Waals surface area contributed by atoms with E-state index in [0.29, 0.717) is 0 Å². The first-order valence-corrected chi connectivity index (χ1v) is 6.45. The molecule has 0 radical (unpaired) electrons. The number of hydrogen-bond donors (Lipinski definition) is 1. The van der Waals surface area contributed by atoms with Crippen molar-refractivity contribution < 1.29 is 0 Å². The van der Waals surface area contributed by atoms with E-state index in [-0.39, 0.29) is 6.04 Å². The minimum absolute atomic E-state index is 0.0577. The summed E-state index contributed by atoms with van der Waals surface area (Å²) < 4.78 is 1.97. The van der Waals surface area contributed by atoms with Gasteiger partial charge in [-0.2, -0.15) is 0 Å². The van der Waals surface area contributed by atoms with E-state index in [2.05, 4.69) is 17.2 Å². The predicted molar refractivity (Wildman–Crippen MR) is 63.8 cm³/mol. The largest absolute Gasteiger partial charge is 0.323 e. The second-order valence-electron chi connectivity index (χ2n) is 4.91. The van der Waals surface area contributed by atoms with Crippen LogP contribution in [0.3, 0.4) is 0 Å². The third kappa shape index (κ3) is 2.82. The maximum atomic E-state index is 6.01. The van der Waals surface area contributed by atoms with Crippen LogP contribution in [-0.4, -0.2) is 15.0 Å². The first kappa shape index (κ1) is 11.6. The zero-order chi connectivity index (χ0) is 11.4. The quantitative estimate of drug-likeness (QED) is 0.831. The standard InChI is InChI=1S/C12H22N4/c1-2-5-11(13)12-9-16(15-14-12)8-10-6-3-4-7-10/h9-11H,2-8,13H2,1H3. The van der Waals surface area contributed by atoms with Gasteiger partial charge in [0.05, 0.1) is 17.9 Å². The molecule has 2 N–H and O–H groups in total. The van der Waals surface area contributed by atoms with Crippen molar-refractivity contribution in [3.8, 4) is 0 Å². The Morgan fingerprint density at radius 1 is 1.50 bits per heavy atom. The maximum absolute atomic E-state index is 6.01. The van der Waals surface area contributed by atoms with Gasteiger partial charge < -0.3 is 5.73 Å². The van der Waals surface area contributed by atoms with E-state index in [1.54, 1.807) is 0 Å². The van der Waals surface area contributed by atoms with E-state index in [1.165, 1.54) is 25.7 Å². The molecule has 1 fully saturated rings. The lowest BCUT2D eigenvalue weighted by atomic mass is 10.1. The lowest BCUT2D eigenvalue weighted by molar-refractivity contribution is 0.421. The molecule has 1 heterocycles. The topological polar surface area (TPSA) is 56.7 Å². The van der Waals surface area contributed by atoms with E-state index >= 15 is 0 Å². The van der Waals surface area contributed by atoms with Gasteiger partial charge in [0, 0.05) is 6.54 Å². The molecule has 16 heavy (non-hydrogen) atoms. The maximum Gasteiger partial charge on any atom is 0.0994 e. The Kier molecular flexibility index (Phi) is 3.93. The van der Waals surface area contributed by atoms with Gasteiger partial charge >= 0.3 is 0 Å². The summed E-state index contributed by atoms with van der Waals surface area (Å²) in [5, 5.41) is 8.33. The number of aromatic nitrogens is 3. The number of rotatable bonds is 5. The molecule has 1 aliphatic rings. The van der Waals surface area contributed by atoms with Gasteiger partial charge in [-0.15, -0.1) is 5.10 Å². The molecule has 1 unspecified atom stereocenters. The molecule has 4 nitrogen and oxygen atoms in total. The molecule has 1 aromatic heterocycles. The molecule has 1 saturated carbocycles. The van der Waals surface area contributed by atoms with Crippen LogP contribution in [0.2, 0.25) is 0 Å². The molecule has 90 valence electrons. The second-order valence-corrected chi connectivity index (χ2v) is 4.91. The zero-order valence-electron chi connectivity index (χ0n) is 10.1. The number of nitrogens with two attached hydrogens (primary N) is 1. The molecule has 0 bridgehead atoms. The summed E-state index contributed by atoms with van der Waals surface area (Å²) in [4.78, 5) is 0. The van der Waals surface area contributed by atoms with Crippen LogP contribution < -0.4 is 5.73 Å². The molecule has 1 aliphatic carbocycles. The summed E-state index contributed by atoms with van der Waals surface area (Å²) in [5.74, 6) is 0.803. The molecule has 1 aromatic rings. The zero-order valence-corrected chi connectivity index (χ0v) is 10.1. The van der Waals surface area contributed by atoms with Gasteiger partial charge in [-0.25, -0.2) is 0 Å². The molecule has 0 amide bonds. The summed E-state index contributed by atoms with van der Waals surface area (Å²) in [6, 6.07) is 0.0577. The Bertz CT molecular complexity index is 315. The van der Waals surface area contributed by atoms with Gasteiger partial charge in [0.2, 0.25) is 0 Å². The first-order valence-electron chi connectivity index (χ1n) is 6.45. The summed E-state index contributed by atoms with van der Waals surface area (Å²) in [7, 11) is 0. The highest BCUT2D eigenvalue weighted by atomic mass is 15.4. The van der Waals surface area contributed by atoms with E-state index in [0.717, 1.165) is 31.0 Å². The van der Waals surface area contributed by atoms with Gasteiger partial charge in [0.15, 0.2) is 0 Å². The predicted octanol–water partition coefficient (Wildman–Crippen LogP) is 2.27. The first-order chi connectivity index (χ1) is 7.79. The monoisotopic (exact) mass is 222 g/mol. The van der Waals surface area contributed by atoms with E-state index < -0.39 is 0 Å². The molecular formula is C12H22N4. The van der Waals surface area contributed by atoms with Crippen LogP contribution in [0.5, 0.6) is 0 Å². The normalized spacial score (nSPS) is 19.1. The van der Waals surface area contributed by atoms with Gasteiger partial charge in [-0.05, 0) is 25.2 Å². The van der Waals surface area contributed by atoms with Crippen molar-refractivity contribution in [3.63, 3.8) is 0 Å². The minimum Gasteiger partial charge on any atom is -0.323 e. The summed E-state index contributed by atoms with van der Waals surface area (Å²) in [5.41, 5.74) is 6.96. The van der Waals surface area contributed by atoms with E-state index in [9.17, 15) is 0 Å². The second kappa shape index (κ2) is 5.43. The van der Waals surface area contributed by atoms with E-state index in [4.69, 9.17) is 5.73 Å². The fraction of sp³-hybridized carbons (Fsp3) is 0.833. The average Bonchev–Trinajstić information content (AvgIpc) is 2.90. The van der Waals surface area contributed by atoms with Crippen LogP contribution in [0.15, 0.2) is 6.20 Å².